The van der Waals surface area contributed by atoms with Crippen molar-refractivity contribution in [2.75, 3.05) is 12.0 Å². The fourth-order valence-corrected chi connectivity index (χ4v) is 1.40. The fourth-order valence-electron chi connectivity index (χ4n) is 1.18. The Labute approximate surface area is 128 Å². The zero-order chi connectivity index (χ0) is 16.4. The molecule has 0 unspecified atom stereocenters. The zero-order valence-corrected chi connectivity index (χ0v) is 13.2. The third-order valence-electron chi connectivity index (χ3n) is 2.10. The standard InChI is InChI=1S/C12H15ClN2O2.C2H4O2/c1-4-17-12(16)9(3)14-15-11-6-5-10(13)7-8(11)2;1-2(3)4/h5-7,15H,4H2,1-3H3;1H3,(H,3,4). The van der Waals surface area contributed by atoms with Crippen LogP contribution in [0.4, 0.5) is 5.69 Å². The topological polar surface area (TPSA) is 88.0 Å². The molecule has 0 saturated heterocycles. The average Bonchev–Trinajstić information content (AvgIpc) is 2.37. The number of rotatable bonds is 4. The summed E-state index contributed by atoms with van der Waals surface area (Å²) in [5.74, 6) is -1.26. The summed E-state index contributed by atoms with van der Waals surface area (Å²) in [6.45, 7) is 6.67. The summed E-state index contributed by atoms with van der Waals surface area (Å²) in [4.78, 5) is 20.3. The summed E-state index contributed by atoms with van der Waals surface area (Å²) in [5, 5.41) is 12.0. The van der Waals surface area contributed by atoms with Gasteiger partial charge in [0, 0.05) is 11.9 Å². The zero-order valence-electron chi connectivity index (χ0n) is 12.4. The molecular formula is C14H19ClN2O4. The van der Waals surface area contributed by atoms with Crippen molar-refractivity contribution >= 4 is 34.9 Å². The van der Waals surface area contributed by atoms with Crippen molar-refractivity contribution < 1.29 is 19.4 Å². The number of carboxylic acid groups (broad SMARTS) is 1. The van der Waals surface area contributed by atoms with Crippen LogP contribution in [-0.2, 0) is 14.3 Å². The predicted molar refractivity (Wildman–Crippen MR) is 82.9 cm³/mol. The van der Waals surface area contributed by atoms with Gasteiger partial charge in [0.25, 0.3) is 5.97 Å². The Morgan fingerprint density at radius 3 is 2.43 bits per heavy atom. The normalized spacial score (nSPS) is 10.2. The molecule has 0 heterocycles. The quantitative estimate of drug-likeness (QED) is 0.506. The Kier molecular flexibility index (Phi) is 8.80. The molecule has 0 aliphatic carbocycles. The number of benzene rings is 1. The Hall–Kier alpha value is -2.08. The Morgan fingerprint density at radius 1 is 1.38 bits per heavy atom. The molecule has 0 amide bonds. The highest BCUT2D eigenvalue weighted by molar-refractivity contribution is 6.35. The van der Waals surface area contributed by atoms with E-state index in [2.05, 4.69) is 10.5 Å². The van der Waals surface area contributed by atoms with Crippen LogP contribution in [0.3, 0.4) is 0 Å². The third-order valence-corrected chi connectivity index (χ3v) is 2.34. The van der Waals surface area contributed by atoms with E-state index in [-0.39, 0.29) is 5.71 Å². The number of aryl methyl sites for hydroxylation is 1. The van der Waals surface area contributed by atoms with Crippen LogP contribution in [-0.4, -0.2) is 29.4 Å². The number of hydrazone groups is 1. The van der Waals surface area contributed by atoms with Gasteiger partial charge in [0.15, 0.2) is 0 Å². The number of ether oxygens (including phenoxy) is 1. The minimum absolute atomic E-state index is 0.279. The molecule has 0 aliphatic heterocycles. The fraction of sp³-hybridized carbons (Fsp3) is 0.357. The Bertz CT molecular complexity index is 526. The van der Waals surface area contributed by atoms with Gasteiger partial charge >= 0.3 is 5.97 Å². The van der Waals surface area contributed by atoms with Gasteiger partial charge < -0.3 is 9.84 Å². The van der Waals surface area contributed by atoms with Crippen LogP contribution in [0, 0.1) is 6.92 Å². The van der Waals surface area contributed by atoms with Crippen LogP contribution in [0.5, 0.6) is 0 Å². The van der Waals surface area contributed by atoms with Crippen LogP contribution >= 0.6 is 11.6 Å². The monoisotopic (exact) mass is 314 g/mol. The minimum Gasteiger partial charge on any atom is -0.481 e. The molecule has 0 radical (unpaired) electrons. The van der Waals surface area contributed by atoms with Gasteiger partial charge in [0.2, 0.25) is 0 Å². The van der Waals surface area contributed by atoms with Gasteiger partial charge in [-0.05, 0) is 44.5 Å². The summed E-state index contributed by atoms with van der Waals surface area (Å²) in [7, 11) is 0. The predicted octanol–water partition coefficient (Wildman–Crippen LogP) is 3.09. The molecule has 1 aromatic carbocycles. The van der Waals surface area contributed by atoms with Crippen LogP contribution in [0.15, 0.2) is 23.3 Å². The molecular weight excluding hydrogens is 296 g/mol. The van der Waals surface area contributed by atoms with E-state index in [4.69, 9.17) is 26.2 Å². The Balaban J connectivity index is 0.000000885. The second-order valence-electron chi connectivity index (χ2n) is 4.01. The average molecular weight is 315 g/mol. The van der Waals surface area contributed by atoms with E-state index >= 15 is 0 Å². The molecule has 2 N–H and O–H groups in total. The molecule has 7 heteroatoms. The number of carboxylic acids is 1. The van der Waals surface area contributed by atoms with Crippen molar-refractivity contribution in [2.45, 2.75) is 27.7 Å². The first-order chi connectivity index (χ1) is 9.77. The van der Waals surface area contributed by atoms with E-state index in [9.17, 15) is 4.79 Å². The summed E-state index contributed by atoms with van der Waals surface area (Å²) in [6, 6.07) is 5.38. The maximum atomic E-state index is 11.3. The van der Waals surface area contributed by atoms with E-state index < -0.39 is 11.9 Å². The number of hydrogen-bond acceptors (Lipinski definition) is 5. The van der Waals surface area contributed by atoms with Crippen LogP contribution in [0.25, 0.3) is 0 Å². The lowest BCUT2D eigenvalue weighted by atomic mass is 10.2. The lowest BCUT2D eigenvalue weighted by Gasteiger charge is -2.06. The lowest BCUT2D eigenvalue weighted by Crippen LogP contribution is -2.15. The van der Waals surface area contributed by atoms with Crippen molar-refractivity contribution in [3.05, 3.63) is 28.8 Å². The lowest BCUT2D eigenvalue weighted by molar-refractivity contribution is -0.135. The molecule has 21 heavy (non-hydrogen) atoms. The largest absolute Gasteiger partial charge is 0.481 e. The number of anilines is 1. The number of hydrogen-bond donors (Lipinski definition) is 2. The maximum absolute atomic E-state index is 11.3. The number of halogens is 1. The first kappa shape index (κ1) is 18.9. The molecule has 1 rings (SSSR count). The molecule has 0 bridgehead atoms. The summed E-state index contributed by atoms with van der Waals surface area (Å²) >= 11 is 5.83. The summed E-state index contributed by atoms with van der Waals surface area (Å²) in [5.41, 5.74) is 4.85. The molecule has 0 fully saturated rings. The van der Waals surface area contributed by atoms with E-state index in [1.165, 1.54) is 0 Å². The van der Waals surface area contributed by atoms with E-state index in [0.717, 1.165) is 18.2 Å². The van der Waals surface area contributed by atoms with Crippen molar-refractivity contribution in [1.82, 2.24) is 0 Å². The first-order valence-electron chi connectivity index (χ1n) is 6.21. The number of carbonyl (C=O) groups is 2. The highest BCUT2D eigenvalue weighted by Crippen LogP contribution is 2.19. The first-order valence-corrected chi connectivity index (χ1v) is 6.58. The minimum atomic E-state index is -0.833. The van der Waals surface area contributed by atoms with Gasteiger partial charge in [-0.1, -0.05) is 11.6 Å². The van der Waals surface area contributed by atoms with Crippen LogP contribution in [0.1, 0.15) is 26.3 Å². The molecule has 0 aromatic heterocycles. The van der Waals surface area contributed by atoms with Gasteiger partial charge in [-0.15, -0.1) is 0 Å². The van der Waals surface area contributed by atoms with Gasteiger partial charge in [0.1, 0.15) is 5.71 Å². The van der Waals surface area contributed by atoms with E-state index in [0.29, 0.717) is 11.6 Å². The second-order valence-corrected chi connectivity index (χ2v) is 4.44. The number of carbonyl (C=O) groups excluding carboxylic acids is 1. The van der Waals surface area contributed by atoms with Crippen molar-refractivity contribution in [3.63, 3.8) is 0 Å². The number of aliphatic carboxylic acids is 1. The van der Waals surface area contributed by atoms with Crippen molar-refractivity contribution in [2.24, 2.45) is 5.10 Å². The van der Waals surface area contributed by atoms with Gasteiger partial charge in [-0.3, -0.25) is 10.2 Å². The number of nitrogens with one attached hydrogen (secondary N) is 1. The molecule has 1 aromatic rings. The maximum Gasteiger partial charge on any atom is 0.354 e. The second kappa shape index (κ2) is 9.77. The van der Waals surface area contributed by atoms with E-state index in [1.54, 1.807) is 26.0 Å². The third kappa shape index (κ3) is 8.65. The van der Waals surface area contributed by atoms with E-state index in [1.807, 2.05) is 13.0 Å². The highest BCUT2D eigenvalue weighted by atomic mass is 35.5. The van der Waals surface area contributed by atoms with Gasteiger partial charge in [-0.2, -0.15) is 5.10 Å². The SMILES string of the molecule is CC(=O)O.CCOC(=O)C(C)=NNc1ccc(Cl)cc1C. The van der Waals surface area contributed by atoms with Crippen LogP contribution in [0.2, 0.25) is 5.02 Å². The summed E-state index contributed by atoms with van der Waals surface area (Å²) < 4.78 is 4.81. The molecule has 0 atom stereocenters. The molecule has 6 nitrogen and oxygen atoms in total. The highest BCUT2D eigenvalue weighted by Gasteiger charge is 2.06. The molecule has 0 aliphatic rings. The summed E-state index contributed by atoms with van der Waals surface area (Å²) in [6.07, 6.45) is 0. The van der Waals surface area contributed by atoms with Crippen molar-refractivity contribution in [1.29, 1.82) is 0 Å². The van der Waals surface area contributed by atoms with Crippen LogP contribution < -0.4 is 5.43 Å². The van der Waals surface area contributed by atoms with Gasteiger partial charge in [0.05, 0.1) is 12.3 Å². The molecule has 0 spiro atoms. The Morgan fingerprint density at radius 2 is 1.95 bits per heavy atom. The smallest absolute Gasteiger partial charge is 0.354 e. The van der Waals surface area contributed by atoms with Crippen molar-refractivity contribution in [3.8, 4) is 0 Å². The molecule has 116 valence electrons. The molecule has 0 saturated carbocycles. The van der Waals surface area contributed by atoms with Gasteiger partial charge in [-0.25, -0.2) is 4.79 Å². The number of esters is 1. The number of nitrogens with zero attached hydrogens (tertiary/aromatic N) is 1.